The van der Waals surface area contributed by atoms with Gasteiger partial charge in [-0.1, -0.05) is 41.9 Å². The van der Waals surface area contributed by atoms with Crippen molar-refractivity contribution in [2.24, 2.45) is 0 Å². The number of ether oxygens (including phenoxy) is 2. The molecule has 0 aromatic heterocycles. The van der Waals surface area contributed by atoms with E-state index in [4.69, 9.17) is 21.1 Å². The second-order valence-electron chi connectivity index (χ2n) is 4.12. The number of benzene rings is 2. The number of carbonyl (C=O) groups is 1. The summed E-state index contributed by atoms with van der Waals surface area (Å²) < 4.78 is 10.7. The van der Waals surface area contributed by atoms with Gasteiger partial charge in [0.05, 0.1) is 13.0 Å². The first kappa shape index (κ1) is 14.4. The molecule has 20 heavy (non-hydrogen) atoms. The van der Waals surface area contributed by atoms with Crippen LogP contribution in [0.4, 0.5) is 0 Å². The van der Waals surface area contributed by atoms with Crippen LogP contribution in [0.2, 0.25) is 5.02 Å². The van der Waals surface area contributed by atoms with Gasteiger partial charge >= 0.3 is 5.97 Å². The molecule has 2 aromatic carbocycles. The van der Waals surface area contributed by atoms with E-state index in [9.17, 15) is 4.79 Å². The van der Waals surface area contributed by atoms with Crippen LogP contribution in [-0.2, 0) is 11.2 Å². The Morgan fingerprint density at radius 3 is 2.40 bits per heavy atom. The van der Waals surface area contributed by atoms with E-state index in [2.05, 4.69) is 0 Å². The Labute approximate surface area is 123 Å². The molecule has 0 saturated carbocycles. The number of rotatable bonds is 5. The van der Waals surface area contributed by atoms with Crippen molar-refractivity contribution in [1.82, 2.24) is 0 Å². The molecule has 0 radical (unpaired) electrons. The highest BCUT2D eigenvalue weighted by atomic mass is 35.5. The normalized spacial score (nSPS) is 10.1. The maximum atomic E-state index is 12.0. The minimum absolute atomic E-state index is 0.125. The van der Waals surface area contributed by atoms with Gasteiger partial charge in [0.1, 0.15) is 0 Å². The van der Waals surface area contributed by atoms with E-state index in [0.29, 0.717) is 23.1 Å². The lowest BCUT2D eigenvalue weighted by molar-refractivity contribution is -0.133. The van der Waals surface area contributed by atoms with Crippen molar-refractivity contribution in [3.63, 3.8) is 0 Å². The van der Waals surface area contributed by atoms with E-state index < -0.39 is 0 Å². The lowest BCUT2D eigenvalue weighted by Crippen LogP contribution is -2.12. The van der Waals surface area contributed by atoms with Crippen LogP contribution in [0.1, 0.15) is 12.5 Å². The van der Waals surface area contributed by atoms with E-state index in [-0.39, 0.29) is 12.4 Å². The second kappa shape index (κ2) is 6.96. The summed E-state index contributed by atoms with van der Waals surface area (Å²) in [7, 11) is 0. The topological polar surface area (TPSA) is 35.5 Å². The van der Waals surface area contributed by atoms with Crippen molar-refractivity contribution in [2.75, 3.05) is 6.61 Å². The third-order valence-corrected chi connectivity index (χ3v) is 3.03. The van der Waals surface area contributed by atoms with E-state index in [1.807, 2.05) is 25.1 Å². The lowest BCUT2D eigenvalue weighted by Gasteiger charge is -2.10. The Kier molecular flexibility index (Phi) is 5.02. The molecule has 0 amide bonds. The fraction of sp³-hybridized carbons (Fsp3) is 0.188. The van der Waals surface area contributed by atoms with Crippen LogP contribution in [0.3, 0.4) is 0 Å². The Balaban J connectivity index is 2.07. The van der Waals surface area contributed by atoms with Gasteiger partial charge in [-0.3, -0.25) is 4.79 Å². The summed E-state index contributed by atoms with van der Waals surface area (Å²) in [5.41, 5.74) is 0.744. The zero-order valence-electron chi connectivity index (χ0n) is 11.1. The van der Waals surface area contributed by atoms with E-state index in [1.165, 1.54) is 0 Å². The molecular formula is C16H15ClO3. The molecule has 0 spiro atoms. The molecular weight excluding hydrogens is 276 g/mol. The summed E-state index contributed by atoms with van der Waals surface area (Å²) in [6.45, 7) is 2.39. The predicted molar refractivity (Wildman–Crippen MR) is 78.4 cm³/mol. The van der Waals surface area contributed by atoms with Crippen LogP contribution in [0.5, 0.6) is 11.5 Å². The van der Waals surface area contributed by atoms with Gasteiger partial charge in [-0.25, -0.2) is 0 Å². The molecule has 0 saturated heterocycles. The van der Waals surface area contributed by atoms with Gasteiger partial charge in [-0.05, 0) is 30.7 Å². The Morgan fingerprint density at radius 2 is 1.70 bits per heavy atom. The number of hydrogen-bond acceptors (Lipinski definition) is 3. The van der Waals surface area contributed by atoms with Gasteiger partial charge in [0.15, 0.2) is 11.5 Å². The molecule has 0 atom stereocenters. The van der Waals surface area contributed by atoms with E-state index >= 15 is 0 Å². The molecule has 0 heterocycles. The van der Waals surface area contributed by atoms with Crippen molar-refractivity contribution in [2.45, 2.75) is 13.3 Å². The number of esters is 1. The molecule has 0 N–H and O–H groups in total. The number of carbonyl (C=O) groups excluding carboxylic acids is 1. The number of hydrogen-bond donors (Lipinski definition) is 0. The standard InChI is InChI=1S/C16H15ClO3/c1-2-19-14-9-5-6-10-15(14)20-16(18)11-12-7-3-4-8-13(12)17/h3-10H,2,11H2,1H3. The van der Waals surface area contributed by atoms with E-state index in [1.54, 1.807) is 30.3 Å². The summed E-state index contributed by atoms with van der Waals surface area (Å²) >= 11 is 6.02. The highest BCUT2D eigenvalue weighted by Gasteiger charge is 2.12. The van der Waals surface area contributed by atoms with Gasteiger partial charge in [-0.2, -0.15) is 0 Å². The van der Waals surface area contributed by atoms with Gasteiger partial charge < -0.3 is 9.47 Å². The Morgan fingerprint density at radius 1 is 1.05 bits per heavy atom. The van der Waals surface area contributed by atoms with Crippen LogP contribution < -0.4 is 9.47 Å². The molecule has 0 bridgehead atoms. The van der Waals surface area contributed by atoms with Crippen molar-refractivity contribution in [3.05, 3.63) is 59.1 Å². The molecule has 0 aliphatic heterocycles. The number of halogens is 1. The zero-order valence-corrected chi connectivity index (χ0v) is 11.9. The summed E-state index contributed by atoms with van der Waals surface area (Å²) in [5.74, 6) is 0.610. The van der Waals surface area contributed by atoms with E-state index in [0.717, 1.165) is 5.56 Å². The molecule has 0 aliphatic carbocycles. The lowest BCUT2D eigenvalue weighted by atomic mass is 10.1. The summed E-state index contributed by atoms with van der Waals surface area (Å²) in [6, 6.07) is 14.3. The van der Waals surface area contributed by atoms with Crippen LogP contribution in [0.15, 0.2) is 48.5 Å². The molecule has 2 aromatic rings. The first-order valence-corrected chi connectivity index (χ1v) is 6.74. The van der Waals surface area contributed by atoms with Gasteiger partial charge in [0.25, 0.3) is 0 Å². The minimum Gasteiger partial charge on any atom is -0.490 e. The Bertz CT molecular complexity index is 596. The highest BCUT2D eigenvalue weighted by Crippen LogP contribution is 2.27. The predicted octanol–water partition coefficient (Wildman–Crippen LogP) is 3.89. The van der Waals surface area contributed by atoms with Gasteiger partial charge in [0.2, 0.25) is 0 Å². The largest absolute Gasteiger partial charge is 0.490 e. The fourth-order valence-electron chi connectivity index (χ4n) is 1.77. The smallest absolute Gasteiger partial charge is 0.315 e. The van der Waals surface area contributed by atoms with Gasteiger partial charge in [0, 0.05) is 5.02 Å². The third-order valence-electron chi connectivity index (χ3n) is 2.67. The molecule has 0 aliphatic rings. The van der Waals surface area contributed by atoms with Crippen molar-refractivity contribution >= 4 is 17.6 Å². The molecule has 104 valence electrons. The molecule has 0 fully saturated rings. The molecule has 4 heteroatoms. The zero-order chi connectivity index (χ0) is 14.4. The molecule has 3 nitrogen and oxygen atoms in total. The average Bonchev–Trinajstić information content (AvgIpc) is 2.44. The average molecular weight is 291 g/mol. The molecule has 0 unspecified atom stereocenters. The Hall–Kier alpha value is -2.00. The van der Waals surface area contributed by atoms with Crippen LogP contribution >= 0.6 is 11.6 Å². The van der Waals surface area contributed by atoms with Gasteiger partial charge in [-0.15, -0.1) is 0 Å². The first-order valence-electron chi connectivity index (χ1n) is 6.36. The second-order valence-corrected chi connectivity index (χ2v) is 4.53. The monoisotopic (exact) mass is 290 g/mol. The fourth-order valence-corrected chi connectivity index (χ4v) is 1.97. The van der Waals surface area contributed by atoms with Crippen LogP contribution in [0.25, 0.3) is 0 Å². The molecule has 2 rings (SSSR count). The summed E-state index contributed by atoms with van der Waals surface area (Å²) in [4.78, 5) is 12.0. The quantitative estimate of drug-likeness (QED) is 0.619. The summed E-state index contributed by atoms with van der Waals surface area (Å²) in [6.07, 6.45) is 0.125. The van der Waals surface area contributed by atoms with Crippen LogP contribution in [0, 0.1) is 0 Å². The van der Waals surface area contributed by atoms with Crippen molar-refractivity contribution < 1.29 is 14.3 Å². The highest BCUT2D eigenvalue weighted by molar-refractivity contribution is 6.31. The number of para-hydroxylation sites is 2. The minimum atomic E-state index is -0.370. The van der Waals surface area contributed by atoms with Crippen molar-refractivity contribution in [1.29, 1.82) is 0 Å². The van der Waals surface area contributed by atoms with Crippen molar-refractivity contribution in [3.8, 4) is 11.5 Å². The summed E-state index contributed by atoms with van der Waals surface area (Å²) in [5, 5.41) is 0.558. The van der Waals surface area contributed by atoms with Crippen LogP contribution in [-0.4, -0.2) is 12.6 Å². The SMILES string of the molecule is CCOc1ccccc1OC(=O)Cc1ccccc1Cl. The maximum Gasteiger partial charge on any atom is 0.315 e. The maximum absolute atomic E-state index is 12.0. The third kappa shape index (κ3) is 3.75. The first-order chi connectivity index (χ1) is 9.70.